The average Bonchev–Trinajstić information content (AvgIpc) is 0.929. The van der Waals surface area contributed by atoms with Crippen LogP contribution in [-0.2, 0) is 65.4 Å². The highest BCUT2D eigenvalue weighted by atomic mass is 31.2. The lowest BCUT2D eigenvalue weighted by Crippen LogP contribution is -2.30. The Bertz CT molecular complexity index is 2440. The minimum Gasteiger partial charge on any atom is -0.462 e. The molecule has 0 bridgehead atoms. The Morgan fingerprint density at radius 2 is 0.519 bits per heavy atom. The molecule has 0 aliphatic carbocycles. The minimum atomic E-state index is -5.00. The molecule has 3 N–H and O–H groups in total. The highest BCUT2D eigenvalue weighted by Gasteiger charge is 2.30. The molecule has 0 aromatic heterocycles. The van der Waals surface area contributed by atoms with Crippen molar-refractivity contribution in [1.29, 1.82) is 0 Å². The van der Waals surface area contributed by atoms with Gasteiger partial charge in [0.1, 0.15) is 19.3 Å². The van der Waals surface area contributed by atoms with Crippen LogP contribution in [0.15, 0.2) is 122 Å². The molecule has 0 spiro atoms. The molecule has 0 fully saturated rings. The van der Waals surface area contributed by atoms with Crippen molar-refractivity contribution in [3.63, 3.8) is 0 Å². The third-order valence-electron chi connectivity index (χ3n) is 16.9. The van der Waals surface area contributed by atoms with Gasteiger partial charge in [-0.05, 0) is 128 Å². The maximum absolute atomic E-state index is 13.1. The van der Waals surface area contributed by atoms with Crippen LogP contribution < -0.4 is 0 Å². The van der Waals surface area contributed by atoms with Crippen LogP contribution in [0.3, 0.4) is 0 Å². The summed E-state index contributed by atoms with van der Waals surface area (Å²) in [5, 5.41) is 10.6. The molecule has 598 valence electrons. The standard InChI is InChI=1S/C85H146O17P2/c1-5-9-13-17-21-25-29-32-35-37-39-41-44-46-50-53-57-61-65-69-82(87)95-75-80(101-84(89)71-67-63-59-55-49-28-24-20-16-12-8-4)77-99-103(91,92)97-73-79(86)74-98-104(93,94)100-78-81(102-85(90)72-68-64-60-56-52-48-43-34-31-27-23-19-15-11-7-3)76-96-83(88)70-66-62-58-54-51-47-45-42-40-38-36-33-30-26-22-18-14-10-6-2/h10,14,21-22,25-26,32-36,39-43,47,51,58,62,79-81,86H,5-9,11-13,15-20,23-24,27-31,37-38,44-46,48-50,52-57,59-61,63-78H2,1-4H3,(H,91,92)(H,93,94)/b14-10-,25-21-,26-22-,35-32-,36-33-,41-39-,42-40-,43-34-,51-47-,62-58-. The van der Waals surface area contributed by atoms with E-state index in [-0.39, 0.29) is 25.7 Å². The van der Waals surface area contributed by atoms with E-state index in [1.807, 2.05) is 18.2 Å². The summed E-state index contributed by atoms with van der Waals surface area (Å²) >= 11 is 0. The number of aliphatic hydroxyl groups is 1. The van der Waals surface area contributed by atoms with E-state index in [4.69, 9.17) is 37.0 Å². The number of hydrogen-bond donors (Lipinski definition) is 3. The van der Waals surface area contributed by atoms with Crippen molar-refractivity contribution in [1.82, 2.24) is 0 Å². The first kappa shape index (κ1) is 99.5. The number of esters is 4. The quantitative estimate of drug-likeness (QED) is 0.0169. The van der Waals surface area contributed by atoms with Crippen LogP contribution in [0.25, 0.3) is 0 Å². The summed E-state index contributed by atoms with van der Waals surface area (Å²) in [7, 11) is -9.98. The van der Waals surface area contributed by atoms with Gasteiger partial charge in [-0.1, -0.05) is 303 Å². The molecule has 19 heteroatoms. The van der Waals surface area contributed by atoms with Gasteiger partial charge in [-0.3, -0.25) is 37.3 Å². The van der Waals surface area contributed by atoms with Crippen molar-refractivity contribution in [3.05, 3.63) is 122 Å². The lowest BCUT2D eigenvalue weighted by atomic mass is 10.1. The third kappa shape index (κ3) is 75.7. The maximum Gasteiger partial charge on any atom is 0.472 e. The van der Waals surface area contributed by atoms with Crippen LogP contribution in [0.4, 0.5) is 0 Å². The Labute approximate surface area is 632 Å². The molecule has 5 unspecified atom stereocenters. The second-order valence-electron chi connectivity index (χ2n) is 27.0. The smallest absolute Gasteiger partial charge is 0.462 e. The maximum atomic E-state index is 13.1. The zero-order chi connectivity index (χ0) is 76.0. The molecule has 0 rings (SSSR count). The van der Waals surface area contributed by atoms with Gasteiger partial charge < -0.3 is 33.8 Å². The zero-order valence-electron chi connectivity index (χ0n) is 65.4. The Morgan fingerprint density at radius 3 is 0.856 bits per heavy atom. The Balaban J connectivity index is 5.39. The Morgan fingerprint density at radius 1 is 0.279 bits per heavy atom. The number of phosphoric acid groups is 2. The predicted molar refractivity (Wildman–Crippen MR) is 427 cm³/mol. The van der Waals surface area contributed by atoms with E-state index in [9.17, 15) is 43.2 Å². The molecule has 0 radical (unpaired) electrons. The molecule has 17 nitrogen and oxygen atoms in total. The lowest BCUT2D eigenvalue weighted by Gasteiger charge is -2.21. The fraction of sp³-hybridized carbons (Fsp3) is 0.718. The summed E-state index contributed by atoms with van der Waals surface area (Å²) in [6, 6.07) is 0. The van der Waals surface area contributed by atoms with E-state index in [2.05, 4.69) is 131 Å². The van der Waals surface area contributed by atoms with Crippen LogP contribution in [-0.4, -0.2) is 96.7 Å². The van der Waals surface area contributed by atoms with E-state index < -0.39 is 97.5 Å². The van der Waals surface area contributed by atoms with Crippen LogP contribution in [0.1, 0.15) is 336 Å². The highest BCUT2D eigenvalue weighted by molar-refractivity contribution is 7.47. The van der Waals surface area contributed by atoms with Crippen LogP contribution in [0.2, 0.25) is 0 Å². The molecule has 0 aromatic carbocycles. The van der Waals surface area contributed by atoms with Gasteiger partial charge in [0.15, 0.2) is 12.2 Å². The molecular weight excluding hydrogens is 1350 g/mol. The van der Waals surface area contributed by atoms with Crippen molar-refractivity contribution in [2.24, 2.45) is 0 Å². The van der Waals surface area contributed by atoms with Gasteiger partial charge in [-0.25, -0.2) is 9.13 Å². The minimum absolute atomic E-state index is 0.0335. The fourth-order valence-corrected chi connectivity index (χ4v) is 12.3. The second kappa shape index (κ2) is 76.6. The Hall–Kier alpha value is -4.54. The number of carbonyl (C=O) groups excluding carboxylic acids is 4. The molecule has 0 aliphatic heterocycles. The highest BCUT2D eigenvalue weighted by Crippen LogP contribution is 2.45. The normalized spacial score (nSPS) is 14.5. The first-order valence-electron chi connectivity index (χ1n) is 40.8. The summed E-state index contributed by atoms with van der Waals surface area (Å²) in [5.74, 6) is -2.28. The van der Waals surface area contributed by atoms with E-state index >= 15 is 0 Å². The second-order valence-corrected chi connectivity index (χ2v) is 29.9. The number of phosphoric ester groups is 2. The third-order valence-corrected chi connectivity index (χ3v) is 18.8. The molecular formula is C85H146O17P2. The van der Waals surface area contributed by atoms with Gasteiger partial charge in [0.25, 0.3) is 0 Å². The number of rotatable bonds is 76. The molecule has 0 aliphatic rings. The SMILES string of the molecule is CC/C=C\C/C=C\C/C=C\C/C=C\C/C=C\C/C=C\CCC(=O)OCC(COP(=O)(O)OCC(O)COP(=O)(O)OCC(COC(=O)CCCCCCCC/C=C\C/C=C\C/C=C\CCCCC)OC(=O)CCCCCCCCCCCCC)OC(=O)CCCCCCC/C=C\CCCCCCCC. The summed E-state index contributed by atoms with van der Waals surface area (Å²) in [5.41, 5.74) is 0. The molecule has 104 heavy (non-hydrogen) atoms. The van der Waals surface area contributed by atoms with E-state index in [1.165, 1.54) is 96.3 Å². The van der Waals surface area contributed by atoms with Crippen molar-refractivity contribution in [3.8, 4) is 0 Å². The Kier molecular flexibility index (Phi) is 73.3. The monoisotopic (exact) mass is 1500 g/mol. The van der Waals surface area contributed by atoms with E-state index in [0.29, 0.717) is 32.1 Å². The molecule has 0 saturated heterocycles. The van der Waals surface area contributed by atoms with Crippen molar-refractivity contribution < 1.29 is 80.2 Å². The van der Waals surface area contributed by atoms with Crippen molar-refractivity contribution in [2.45, 2.75) is 354 Å². The van der Waals surface area contributed by atoms with Crippen LogP contribution in [0.5, 0.6) is 0 Å². The molecule has 0 saturated carbocycles. The van der Waals surface area contributed by atoms with Gasteiger partial charge in [0.05, 0.1) is 26.4 Å². The van der Waals surface area contributed by atoms with Gasteiger partial charge >= 0.3 is 39.5 Å². The number of carbonyl (C=O) groups is 4. The van der Waals surface area contributed by atoms with Gasteiger partial charge in [0.2, 0.25) is 0 Å². The first-order chi connectivity index (χ1) is 50.7. The first-order valence-corrected chi connectivity index (χ1v) is 43.8. The summed E-state index contributed by atoms with van der Waals surface area (Å²) in [4.78, 5) is 73.0. The lowest BCUT2D eigenvalue weighted by molar-refractivity contribution is -0.161. The van der Waals surface area contributed by atoms with Gasteiger partial charge in [-0.15, -0.1) is 0 Å². The predicted octanol–water partition coefficient (Wildman–Crippen LogP) is 23.9. The van der Waals surface area contributed by atoms with Gasteiger partial charge in [-0.2, -0.15) is 0 Å². The number of unbranched alkanes of at least 4 members (excludes halogenated alkanes) is 30. The number of aliphatic hydroxyl groups excluding tert-OH is 1. The zero-order valence-corrected chi connectivity index (χ0v) is 67.2. The fourth-order valence-electron chi connectivity index (χ4n) is 10.7. The van der Waals surface area contributed by atoms with Crippen LogP contribution in [0, 0.1) is 0 Å². The van der Waals surface area contributed by atoms with E-state index in [0.717, 1.165) is 154 Å². The summed E-state index contributed by atoms with van der Waals surface area (Å²) < 4.78 is 68.5. The molecule has 0 heterocycles. The number of hydrogen-bond acceptors (Lipinski definition) is 15. The van der Waals surface area contributed by atoms with Gasteiger partial charge in [0, 0.05) is 25.7 Å². The van der Waals surface area contributed by atoms with Crippen molar-refractivity contribution >= 4 is 39.5 Å². The average molecular weight is 1500 g/mol. The summed E-state index contributed by atoms with van der Waals surface area (Å²) in [6.45, 7) is 4.64. The van der Waals surface area contributed by atoms with Crippen molar-refractivity contribution in [2.75, 3.05) is 39.6 Å². The molecule has 5 atom stereocenters. The van der Waals surface area contributed by atoms with E-state index in [1.54, 1.807) is 0 Å². The molecule has 0 aromatic rings. The number of allylic oxidation sites excluding steroid dienone is 20. The topological polar surface area (TPSA) is 237 Å². The largest absolute Gasteiger partial charge is 0.472 e. The summed E-state index contributed by atoms with van der Waals surface area (Å²) in [6.07, 6.45) is 84.8. The van der Waals surface area contributed by atoms with Crippen LogP contribution >= 0.6 is 15.6 Å². The number of ether oxygens (including phenoxy) is 4. The molecule has 0 amide bonds.